The van der Waals surface area contributed by atoms with Crippen LogP contribution in [0.4, 0.5) is 0 Å². The van der Waals surface area contributed by atoms with E-state index in [4.69, 9.17) is 4.52 Å². The van der Waals surface area contributed by atoms with Crippen LogP contribution in [0.2, 0.25) is 0 Å². The number of hydrogen-bond acceptors (Lipinski definition) is 5. The number of aromatic carboxylic acids is 1. The molecule has 1 aliphatic rings. The lowest BCUT2D eigenvalue weighted by molar-refractivity contribution is -0.131. The molecule has 2 aromatic rings. The van der Waals surface area contributed by atoms with Crippen LogP contribution >= 0.6 is 0 Å². The van der Waals surface area contributed by atoms with Crippen molar-refractivity contribution in [3.05, 3.63) is 47.1 Å². The monoisotopic (exact) mass is 357 g/mol. The zero-order chi connectivity index (χ0) is 18.7. The minimum Gasteiger partial charge on any atom is -0.478 e. The quantitative estimate of drug-likeness (QED) is 0.884. The molecule has 1 amide bonds. The smallest absolute Gasteiger partial charge is 0.335 e. The summed E-state index contributed by atoms with van der Waals surface area (Å²) >= 11 is 0. The van der Waals surface area contributed by atoms with Gasteiger partial charge >= 0.3 is 5.97 Å². The van der Waals surface area contributed by atoms with Gasteiger partial charge in [0, 0.05) is 24.9 Å². The number of carbonyl (C=O) groups excluding carboxylic acids is 1. The van der Waals surface area contributed by atoms with Crippen molar-refractivity contribution < 1.29 is 19.2 Å². The molecule has 138 valence electrons. The van der Waals surface area contributed by atoms with Gasteiger partial charge in [-0.2, -0.15) is 4.98 Å². The largest absolute Gasteiger partial charge is 0.478 e. The molecular formula is C19H23N3O4. The Hall–Kier alpha value is -2.70. The zero-order valence-electron chi connectivity index (χ0n) is 15.0. The normalized spacial score (nSPS) is 17.5. The highest BCUT2D eigenvalue weighted by atomic mass is 16.5. The average molecular weight is 357 g/mol. The summed E-state index contributed by atoms with van der Waals surface area (Å²) in [6, 6.07) is 6.63. The number of benzene rings is 1. The standard InChI is InChI=1S/C19H23N3O4/c1-12(2)18-20-17(21-26-18)14-7-5-9-22(11-14)16(23)10-13-6-3-4-8-15(13)19(24)25/h3-4,6,8,12,14H,5,7,9-11H2,1-2H3,(H,24,25). The van der Waals surface area contributed by atoms with Crippen LogP contribution in [0.1, 0.15) is 66.2 Å². The second-order valence-corrected chi connectivity index (χ2v) is 6.96. The first-order valence-corrected chi connectivity index (χ1v) is 8.88. The summed E-state index contributed by atoms with van der Waals surface area (Å²) < 4.78 is 5.28. The fourth-order valence-corrected chi connectivity index (χ4v) is 3.22. The van der Waals surface area contributed by atoms with Gasteiger partial charge in [-0.25, -0.2) is 4.79 Å². The van der Waals surface area contributed by atoms with E-state index in [-0.39, 0.29) is 29.7 Å². The number of rotatable bonds is 5. The molecule has 1 unspecified atom stereocenters. The molecule has 7 heteroatoms. The molecule has 0 spiro atoms. The van der Waals surface area contributed by atoms with Crippen molar-refractivity contribution in [3.63, 3.8) is 0 Å². The van der Waals surface area contributed by atoms with Crippen molar-refractivity contribution in [2.75, 3.05) is 13.1 Å². The lowest BCUT2D eigenvalue weighted by Crippen LogP contribution is -2.40. The Labute approximate surface area is 152 Å². The van der Waals surface area contributed by atoms with Gasteiger partial charge in [0.25, 0.3) is 0 Å². The minimum atomic E-state index is -1.02. The molecule has 0 radical (unpaired) electrons. The van der Waals surface area contributed by atoms with Gasteiger partial charge in [0.15, 0.2) is 5.82 Å². The molecule has 1 aromatic heterocycles. The van der Waals surface area contributed by atoms with E-state index in [0.29, 0.717) is 30.4 Å². The third-order valence-corrected chi connectivity index (χ3v) is 4.68. The number of likely N-dealkylation sites (tertiary alicyclic amines) is 1. The Morgan fingerprint density at radius 3 is 2.81 bits per heavy atom. The van der Waals surface area contributed by atoms with Crippen molar-refractivity contribution in [2.45, 2.75) is 44.9 Å². The molecule has 7 nitrogen and oxygen atoms in total. The Morgan fingerprint density at radius 1 is 1.35 bits per heavy atom. The van der Waals surface area contributed by atoms with Crippen LogP contribution in [0.3, 0.4) is 0 Å². The number of carbonyl (C=O) groups is 2. The first kappa shape index (κ1) is 18.1. The van der Waals surface area contributed by atoms with Gasteiger partial charge in [-0.1, -0.05) is 37.2 Å². The molecule has 1 saturated heterocycles. The molecule has 1 aromatic carbocycles. The van der Waals surface area contributed by atoms with E-state index in [1.54, 1.807) is 23.1 Å². The summed E-state index contributed by atoms with van der Waals surface area (Å²) in [5, 5.41) is 13.3. The first-order valence-electron chi connectivity index (χ1n) is 8.88. The van der Waals surface area contributed by atoms with Gasteiger partial charge in [0.2, 0.25) is 11.8 Å². The van der Waals surface area contributed by atoms with Crippen molar-refractivity contribution in [1.82, 2.24) is 15.0 Å². The van der Waals surface area contributed by atoms with E-state index >= 15 is 0 Å². The first-order chi connectivity index (χ1) is 12.5. The summed E-state index contributed by atoms with van der Waals surface area (Å²) in [6.07, 6.45) is 1.85. The van der Waals surface area contributed by atoms with Gasteiger partial charge < -0.3 is 14.5 Å². The van der Waals surface area contributed by atoms with Crippen molar-refractivity contribution in [2.24, 2.45) is 0 Å². The Morgan fingerprint density at radius 2 is 2.12 bits per heavy atom. The predicted molar refractivity (Wildman–Crippen MR) is 94.0 cm³/mol. The molecule has 1 fully saturated rings. The number of aromatic nitrogens is 2. The topological polar surface area (TPSA) is 96.5 Å². The Bertz CT molecular complexity index is 800. The van der Waals surface area contributed by atoms with Gasteiger partial charge in [0.05, 0.1) is 12.0 Å². The number of carboxylic acids is 1. The summed E-state index contributed by atoms with van der Waals surface area (Å²) in [7, 11) is 0. The number of amides is 1. The fourth-order valence-electron chi connectivity index (χ4n) is 3.22. The summed E-state index contributed by atoms with van der Waals surface area (Å²) in [5.41, 5.74) is 0.711. The van der Waals surface area contributed by atoms with Crippen molar-refractivity contribution in [1.29, 1.82) is 0 Å². The molecule has 0 bridgehead atoms. The van der Waals surface area contributed by atoms with Crippen LogP contribution in [0.5, 0.6) is 0 Å². The van der Waals surface area contributed by atoms with E-state index in [1.807, 2.05) is 13.8 Å². The van der Waals surface area contributed by atoms with Gasteiger partial charge in [0.1, 0.15) is 0 Å². The average Bonchev–Trinajstić information content (AvgIpc) is 3.12. The predicted octanol–water partition coefficient (Wildman–Crippen LogP) is 2.84. The van der Waals surface area contributed by atoms with E-state index in [9.17, 15) is 14.7 Å². The highest BCUT2D eigenvalue weighted by Gasteiger charge is 2.28. The maximum absolute atomic E-state index is 12.7. The second kappa shape index (κ2) is 7.68. The summed E-state index contributed by atoms with van der Waals surface area (Å²) in [5.74, 6) is 0.397. The van der Waals surface area contributed by atoms with E-state index < -0.39 is 5.97 Å². The number of hydrogen-bond donors (Lipinski definition) is 1. The van der Waals surface area contributed by atoms with Gasteiger partial charge in [-0.05, 0) is 24.5 Å². The Balaban J connectivity index is 1.69. The molecular weight excluding hydrogens is 334 g/mol. The van der Waals surface area contributed by atoms with Crippen LogP contribution in [-0.4, -0.2) is 45.1 Å². The van der Waals surface area contributed by atoms with E-state index in [0.717, 1.165) is 12.8 Å². The van der Waals surface area contributed by atoms with E-state index in [2.05, 4.69) is 10.1 Å². The van der Waals surface area contributed by atoms with Crippen molar-refractivity contribution in [3.8, 4) is 0 Å². The summed E-state index contributed by atoms with van der Waals surface area (Å²) in [6.45, 7) is 5.19. The SMILES string of the molecule is CC(C)c1nc(C2CCCN(C(=O)Cc3ccccc3C(=O)O)C2)no1. The Kier molecular flexibility index (Phi) is 5.35. The van der Waals surface area contributed by atoms with Crippen LogP contribution < -0.4 is 0 Å². The lowest BCUT2D eigenvalue weighted by atomic mass is 9.96. The number of carboxylic acid groups (broad SMARTS) is 1. The zero-order valence-corrected chi connectivity index (χ0v) is 15.0. The highest BCUT2D eigenvalue weighted by molar-refractivity contribution is 5.91. The third-order valence-electron chi connectivity index (χ3n) is 4.68. The third kappa shape index (κ3) is 3.92. The van der Waals surface area contributed by atoms with Crippen LogP contribution in [0.15, 0.2) is 28.8 Å². The van der Waals surface area contributed by atoms with Crippen LogP contribution in [-0.2, 0) is 11.2 Å². The molecule has 26 heavy (non-hydrogen) atoms. The molecule has 0 saturated carbocycles. The number of nitrogens with zero attached hydrogens (tertiary/aromatic N) is 3. The molecule has 3 rings (SSSR count). The second-order valence-electron chi connectivity index (χ2n) is 6.96. The molecule has 2 heterocycles. The maximum Gasteiger partial charge on any atom is 0.335 e. The molecule has 1 atom stereocenters. The fraction of sp³-hybridized carbons (Fsp3) is 0.474. The van der Waals surface area contributed by atoms with Crippen LogP contribution in [0, 0.1) is 0 Å². The minimum absolute atomic E-state index is 0.0543. The van der Waals surface area contributed by atoms with Gasteiger partial charge in [-0.3, -0.25) is 4.79 Å². The maximum atomic E-state index is 12.7. The lowest BCUT2D eigenvalue weighted by Gasteiger charge is -2.31. The van der Waals surface area contributed by atoms with Gasteiger partial charge in [-0.15, -0.1) is 0 Å². The van der Waals surface area contributed by atoms with Crippen LogP contribution in [0.25, 0.3) is 0 Å². The van der Waals surface area contributed by atoms with E-state index in [1.165, 1.54) is 6.07 Å². The summed E-state index contributed by atoms with van der Waals surface area (Å²) in [4.78, 5) is 30.3. The highest BCUT2D eigenvalue weighted by Crippen LogP contribution is 2.26. The molecule has 0 aliphatic carbocycles. The van der Waals surface area contributed by atoms with Crippen molar-refractivity contribution >= 4 is 11.9 Å². The number of piperidine rings is 1. The molecule has 1 N–H and O–H groups in total. The molecule has 1 aliphatic heterocycles.